The number of thioether (sulfide) groups is 1. The molecule has 7 heteroatoms. The van der Waals surface area contributed by atoms with Crippen molar-refractivity contribution in [3.05, 3.63) is 41.2 Å². The van der Waals surface area contributed by atoms with Crippen LogP contribution in [0.1, 0.15) is 31.2 Å². The molecule has 0 aliphatic rings. The molecule has 1 N–H and O–H groups in total. The van der Waals surface area contributed by atoms with E-state index in [0.717, 1.165) is 54.1 Å². The fraction of sp³-hybridized carbons (Fsp3) is 0.412. The second kappa shape index (κ2) is 8.28. The van der Waals surface area contributed by atoms with Crippen LogP contribution in [-0.4, -0.2) is 21.2 Å². The molecule has 2 rings (SSSR count). The molecule has 130 valence electrons. The van der Waals surface area contributed by atoms with Gasteiger partial charge in [0.25, 0.3) is 0 Å². The van der Waals surface area contributed by atoms with Crippen LogP contribution in [0.2, 0.25) is 0 Å². The standard InChI is InChI=1S/C17H21F2N3OS/c1-4-5-8-22-12(3)11(2)20-17(22)24-10-16(23)21-15-9-13(18)6-7-14(15)19/h6-7,9H,4-5,8,10H2,1-3H3,(H,21,23). The van der Waals surface area contributed by atoms with Gasteiger partial charge in [0, 0.05) is 18.3 Å². The van der Waals surface area contributed by atoms with Crippen LogP contribution in [0.25, 0.3) is 0 Å². The number of unbranched alkanes of at least 4 members (excludes halogenated alkanes) is 1. The van der Waals surface area contributed by atoms with Gasteiger partial charge in [-0.3, -0.25) is 4.79 Å². The predicted octanol–water partition coefficient (Wildman–Crippen LogP) is 4.31. The van der Waals surface area contributed by atoms with Crippen LogP contribution in [0.15, 0.2) is 23.4 Å². The van der Waals surface area contributed by atoms with Crippen molar-refractivity contribution >= 4 is 23.4 Å². The smallest absolute Gasteiger partial charge is 0.234 e. The first kappa shape index (κ1) is 18.4. The number of carbonyl (C=O) groups is 1. The second-order valence-corrected chi connectivity index (χ2v) is 6.47. The molecule has 0 spiro atoms. The Kier molecular flexibility index (Phi) is 6.36. The van der Waals surface area contributed by atoms with Gasteiger partial charge in [0.2, 0.25) is 5.91 Å². The third kappa shape index (κ3) is 4.56. The highest BCUT2D eigenvalue weighted by Gasteiger charge is 2.14. The van der Waals surface area contributed by atoms with Crippen LogP contribution in [0.3, 0.4) is 0 Å². The zero-order valence-corrected chi connectivity index (χ0v) is 14.8. The fourth-order valence-corrected chi connectivity index (χ4v) is 3.14. The molecule has 0 aliphatic heterocycles. The van der Waals surface area contributed by atoms with Crippen molar-refractivity contribution in [2.45, 2.75) is 45.3 Å². The molecule has 0 atom stereocenters. The molecule has 0 radical (unpaired) electrons. The van der Waals surface area contributed by atoms with Crippen LogP contribution >= 0.6 is 11.8 Å². The lowest BCUT2D eigenvalue weighted by molar-refractivity contribution is -0.113. The summed E-state index contributed by atoms with van der Waals surface area (Å²) in [4.78, 5) is 16.5. The molecule has 0 unspecified atom stereocenters. The minimum absolute atomic E-state index is 0.0813. The van der Waals surface area contributed by atoms with Crippen molar-refractivity contribution in [3.63, 3.8) is 0 Å². The van der Waals surface area contributed by atoms with Crippen molar-refractivity contribution in [1.82, 2.24) is 9.55 Å². The Bertz CT molecular complexity index is 731. The lowest BCUT2D eigenvalue weighted by Gasteiger charge is -2.09. The molecule has 1 aromatic heterocycles. The number of aromatic nitrogens is 2. The van der Waals surface area contributed by atoms with E-state index in [1.807, 2.05) is 13.8 Å². The van der Waals surface area contributed by atoms with E-state index in [4.69, 9.17) is 0 Å². The van der Waals surface area contributed by atoms with Crippen molar-refractivity contribution in [1.29, 1.82) is 0 Å². The Morgan fingerprint density at radius 2 is 2.08 bits per heavy atom. The number of rotatable bonds is 7. The monoisotopic (exact) mass is 353 g/mol. The number of imidazole rings is 1. The number of hydrogen-bond acceptors (Lipinski definition) is 3. The molecule has 2 aromatic rings. The van der Waals surface area contributed by atoms with Gasteiger partial charge in [-0.2, -0.15) is 0 Å². The summed E-state index contributed by atoms with van der Waals surface area (Å²) in [5.74, 6) is -1.57. The van der Waals surface area contributed by atoms with Crippen molar-refractivity contribution < 1.29 is 13.6 Å². The van der Waals surface area contributed by atoms with E-state index in [2.05, 4.69) is 21.8 Å². The number of hydrogen-bond donors (Lipinski definition) is 1. The zero-order chi connectivity index (χ0) is 17.7. The summed E-state index contributed by atoms with van der Waals surface area (Å²) in [5.41, 5.74) is 1.87. The number of nitrogens with zero attached hydrogens (tertiary/aromatic N) is 2. The van der Waals surface area contributed by atoms with E-state index in [-0.39, 0.29) is 11.4 Å². The fourth-order valence-electron chi connectivity index (χ4n) is 2.22. The maximum absolute atomic E-state index is 13.5. The van der Waals surface area contributed by atoms with Crippen LogP contribution in [0.4, 0.5) is 14.5 Å². The Morgan fingerprint density at radius 1 is 1.33 bits per heavy atom. The van der Waals surface area contributed by atoms with Crippen LogP contribution < -0.4 is 5.32 Å². The van der Waals surface area contributed by atoms with Gasteiger partial charge in [-0.05, 0) is 32.4 Å². The summed E-state index contributed by atoms with van der Waals surface area (Å²) in [5, 5.41) is 3.17. The van der Waals surface area contributed by atoms with Gasteiger partial charge in [0.05, 0.1) is 17.1 Å². The normalized spacial score (nSPS) is 10.9. The summed E-state index contributed by atoms with van der Waals surface area (Å²) in [6.45, 7) is 6.91. The number of anilines is 1. The summed E-state index contributed by atoms with van der Waals surface area (Å²) in [6, 6.07) is 2.96. The Hall–Kier alpha value is -1.89. The molecule has 0 bridgehead atoms. The highest BCUT2D eigenvalue weighted by Crippen LogP contribution is 2.22. The van der Waals surface area contributed by atoms with Gasteiger partial charge in [-0.1, -0.05) is 25.1 Å². The number of carbonyl (C=O) groups excluding carboxylic acids is 1. The van der Waals surface area contributed by atoms with E-state index >= 15 is 0 Å². The number of amides is 1. The largest absolute Gasteiger partial charge is 0.323 e. The molecule has 1 aromatic carbocycles. The van der Waals surface area contributed by atoms with Crippen molar-refractivity contribution in [3.8, 4) is 0 Å². The molecular weight excluding hydrogens is 332 g/mol. The van der Waals surface area contributed by atoms with E-state index < -0.39 is 17.5 Å². The topological polar surface area (TPSA) is 46.9 Å². The number of nitrogens with one attached hydrogen (secondary N) is 1. The SMILES string of the molecule is CCCCn1c(SCC(=O)Nc2cc(F)ccc2F)nc(C)c1C. The van der Waals surface area contributed by atoms with E-state index in [1.54, 1.807) is 0 Å². The van der Waals surface area contributed by atoms with E-state index in [9.17, 15) is 13.6 Å². The van der Waals surface area contributed by atoms with Crippen LogP contribution in [-0.2, 0) is 11.3 Å². The zero-order valence-electron chi connectivity index (χ0n) is 14.0. The van der Waals surface area contributed by atoms with Crippen LogP contribution in [0, 0.1) is 25.5 Å². The summed E-state index contributed by atoms with van der Waals surface area (Å²) in [7, 11) is 0. The lowest BCUT2D eigenvalue weighted by atomic mass is 10.3. The van der Waals surface area contributed by atoms with E-state index in [0.29, 0.717) is 0 Å². The van der Waals surface area contributed by atoms with Gasteiger partial charge in [0.1, 0.15) is 11.6 Å². The highest BCUT2D eigenvalue weighted by molar-refractivity contribution is 7.99. The average molecular weight is 353 g/mol. The number of aryl methyl sites for hydroxylation is 1. The maximum atomic E-state index is 13.5. The molecule has 0 fully saturated rings. The Morgan fingerprint density at radius 3 is 2.79 bits per heavy atom. The molecule has 0 saturated carbocycles. The minimum atomic E-state index is -0.661. The second-order valence-electron chi connectivity index (χ2n) is 5.53. The molecule has 0 aliphatic carbocycles. The van der Waals surface area contributed by atoms with Gasteiger partial charge in [-0.25, -0.2) is 13.8 Å². The molecule has 24 heavy (non-hydrogen) atoms. The van der Waals surface area contributed by atoms with E-state index in [1.165, 1.54) is 11.8 Å². The Labute approximate surface area is 144 Å². The van der Waals surface area contributed by atoms with Gasteiger partial charge < -0.3 is 9.88 Å². The first-order valence-corrected chi connectivity index (χ1v) is 8.82. The quantitative estimate of drug-likeness (QED) is 0.755. The van der Waals surface area contributed by atoms with Crippen molar-refractivity contribution in [2.75, 3.05) is 11.1 Å². The number of benzene rings is 1. The summed E-state index contributed by atoms with van der Waals surface area (Å²) < 4.78 is 28.8. The predicted molar refractivity (Wildman–Crippen MR) is 92.3 cm³/mol. The molecule has 4 nitrogen and oxygen atoms in total. The van der Waals surface area contributed by atoms with Gasteiger partial charge in [-0.15, -0.1) is 0 Å². The first-order valence-electron chi connectivity index (χ1n) is 7.83. The number of halogens is 2. The lowest BCUT2D eigenvalue weighted by Crippen LogP contribution is -2.16. The minimum Gasteiger partial charge on any atom is -0.323 e. The van der Waals surface area contributed by atoms with Gasteiger partial charge in [0.15, 0.2) is 5.16 Å². The average Bonchev–Trinajstić information content (AvgIpc) is 2.81. The molecule has 1 heterocycles. The Balaban J connectivity index is 2.01. The third-order valence-electron chi connectivity index (χ3n) is 3.69. The highest BCUT2D eigenvalue weighted by atomic mass is 32.2. The molecule has 1 amide bonds. The molecular formula is C17H21F2N3OS. The van der Waals surface area contributed by atoms with Gasteiger partial charge >= 0.3 is 0 Å². The molecule has 0 saturated heterocycles. The maximum Gasteiger partial charge on any atom is 0.234 e. The summed E-state index contributed by atoms with van der Waals surface area (Å²) >= 11 is 1.29. The van der Waals surface area contributed by atoms with Crippen LogP contribution in [0.5, 0.6) is 0 Å². The first-order chi connectivity index (χ1) is 11.4. The summed E-state index contributed by atoms with van der Waals surface area (Å²) in [6.07, 6.45) is 2.10. The van der Waals surface area contributed by atoms with Crippen molar-refractivity contribution in [2.24, 2.45) is 0 Å². The third-order valence-corrected chi connectivity index (χ3v) is 4.67.